The predicted molar refractivity (Wildman–Crippen MR) is 69.9 cm³/mol. The van der Waals surface area contributed by atoms with E-state index in [1.807, 2.05) is 6.07 Å². The smallest absolute Gasteiger partial charge is 0.126 e. The molecule has 18 heavy (non-hydrogen) atoms. The fourth-order valence-corrected chi connectivity index (χ4v) is 2.30. The van der Waals surface area contributed by atoms with E-state index >= 15 is 0 Å². The van der Waals surface area contributed by atoms with Gasteiger partial charge in [0, 0.05) is 12.2 Å². The molecule has 0 unspecified atom stereocenters. The lowest BCUT2D eigenvalue weighted by atomic mass is 10.2. The molecule has 4 heteroatoms. The van der Waals surface area contributed by atoms with Gasteiger partial charge in [-0.3, -0.25) is 0 Å². The average Bonchev–Trinajstić information content (AvgIpc) is 2.87. The molecule has 0 spiro atoms. The second-order valence-electron chi connectivity index (χ2n) is 4.67. The molecular formula is C14H18FN3. The Morgan fingerprint density at radius 1 is 1.28 bits per heavy atom. The molecule has 1 aromatic carbocycles. The molecular weight excluding hydrogens is 229 g/mol. The van der Waals surface area contributed by atoms with Gasteiger partial charge in [-0.1, -0.05) is 0 Å². The highest BCUT2D eigenvalue weighted by Gasteiger charge is 2.10. The summed E-state index contributed by atoms with van der Waals surface area (Å²) in [6.45, 7) is 4.31. The van der Waals surface area contributed by atoms with Crippen LogP contribution in [0.4, 0.5) is 10.1 Å². The monoisotopic (exact) mass is 247 g/mol. The first-order valence-corrected chi connectivity index (χ1v) is 6.45. The highest BCUT2D eigenvalue weighted by atomic mass is 19.1. The van der Waals surface area contributed by atoms with Gasteiger partial charge in [0.05, 0.1) is 11.6 Å². The Morgan fingerprint density at radius 3 is 2.78 bits per heavy atom. The minimum Gasteiger partial charge on any atom is -0.385 e. The highest BCUT2D eigenvalue weighted by molar-refractivity contribution is 5.49. The van der Waals surface area contributed by atoms with Crippen LogP contribution in [0.25, 0.3) is 0 Å². The summed E-state index contributed by atoms with van der Waals surface area (Å²) in [6, 6.07) is 6.31. The third-order valence-electron chi connectivity index (χ3n) is 3.21. The number of nitrogens with one attached hydrogen (secondary N) is 1. The number of hydrogen-bond acceptors (Lipinski definition) is 3. The lowest BCUT2D eigenvalue weighted by Crippen LogP contribution is -2.22. The third kappa shape index (κ3) is 3.71. The molecule has 0 atom stereocenters. The van der Waals surface area contributed by atoms with E-state index in [4.69, 9.17) is 5.26 Å². The van der Waals surface area contributed by atoms with Gasteiger partial charge < -0.3 is 10.2 Å². The van der Waals surface area contributed by atoms with Crippen molar-refractivity contribution in [2.45, 2.75) is 19.3 Å². The maximum Gasteiger partial charge on any atom is 0.126 e. The largest absolute Gasteiger partial charge is 0.385 e. The number of rotatable bonds is 5. The Morgan fingerprint density at radius 2 is 2.06 bits per heavy atom. The topological polar surface area (TPSA) is 39.1 Å². The Hall–Kier alpha value is -1.60. The van der Waals surface area contributed by atoms with Crippen LogP contribution in [0.2, 0.25) is 0 Å². The summed E-state index contributed by atoms with van der Waals surface area (Å²) in [5.41, 5.74) is 1.05. The minimum absolute atomic E-state index is 0.358. The Kier molecular flexibility index (Phi) is 4.54. The van der Waals surface area contributed by atoms with Gasteiger partial charge in [0.15, 0.2) is 0 Å². The molecule has 1 saturated heterocycles. The predicted octanol–water partition coefficient (Wildman–Crippen LogP) is 2.60. The summed E-state index contributed by atoms with van der Waals surface area (Å²) < 4.78 is 13.2. The van der Waals surface area contributed by atoms with Gasteiger partial charge in [-0.05, 0) is 57.1 Å². The quantitative estimate of drug-likeness (QED) is 0.813. The number of halogens is 1. The van der Waals surface area contributed by atoms with Crippen LogP contribution in [-0.2, 0) is 0 Å². The molecule has 2 rings (SSSR count). The van der Waals surface area contributed by atoms with Gasteiger partial charge in [0.1, 0.15) is 5.82 Å². The van der Waals surface area contributed by atoms with Crippen molar-refractivity contribution in [2.75, 3.05) is 31.5 Å². The molecule has 0 radical (unpaired) electrons. The fourth-order valence-electron chi connectivity index (χ4n) is 2.30. The van der Waals surface area contributed by atoms with Crippen LogP contribution in [0.1, 0.15) is 24.8 Å². The van der Waals surface area contributed by atoms with E-state index in [1.54, 1.807) is 6.07 Å². The van der Waals surface area contributed by atoms with E-state index < -0.39 is 0 Å². The number of hydrogen-bond donors (Lipinski definition) is 1. The van der Waals surface area contributed by atoms with E-state index in [2.05, 4.69) is 10.2 Å². The van der Waals surface area contributed by atoms with Crippen molar-refractivity contribution in [1.29, 1.82) is 5.26 Å². The first kappa shape index (κ1) is 12.8. The molecule has 1 aromatic rings. The van der Waals surface area contributed by atoms with E-state index in [0.29, 0.717) is 11.3 Å². The summed E-state index contributed by atoms with van der Waals surface area (Å²) >= 11 is 0. The Labute approximate surface area is 107 Å². The molecule has 0 aromatic heterocycles. The van der Waals surface area contributed by atoms with Gasteiger partial charge in [-0.25, -0.2) is 4.39 Å². The summed E-state index contributed by atoms with van der Waals surface area (Å²) in [4.78, 5) is 2.45. The summed E-state index contributed by atoms with van der Waals surface area (Å²) in [7, 11) is 0. The second-order valence-corrected chi connectivity index (χ2v) is 4.67. The molecule has 3 nitrogen and oxygen atoms in total. The third-order valence-corrected chi connectivity index (χ3v) is 3.21. The highest BCUT2D eigenvalue weighted by Crippen LogP contribution is 2.13. The minimum atomic E-state index is -0.365. The Balaban J connectivity index is 1.75. The van der Waals surface area contributed by atoms with E-state index in [1.165, 1.54) is 38.1 Å². The number of anilines is 1. The number of benzene rings is 1. The first-order valence-electron chi connectivity index (χ1n) is 6.45. The van der Waals surface area contributed by atoms with Gasteiger partial charge in [0.2, 0.25) is 0 Å². The second kappa shape index (κ2) is 6.36. The first-order chi connectivity index (χ1) is 8.78. The van der Waals surface area contributed by atoms with Crippen molar-refractivity contribution < 1.29 is 4.39 Å². The van der Waals surface area contributed by atoms with Crippen molar-refractivity contribution in [3.8, 4) is 6.07 Å². The van der Waals surface area contributed by atoms with Crippen molar-refractivity contribution in [3.05, 3.63) is 29.6 Å². The van der Waals surface area contributed by atoms with E-state index in [9.17, 15) is 4.39 Å². The standard InChI is InChI=1S/C14H18FN3/c15-13-8-12(11-16)9-14(10-13)17-4-3-7-18-5-1-2-6-18/h8-10,17H,1-7H2. The van der Waals surface area contributed by atoms with E-state index in [-0.39, 0.29) is 5.82 Å². The lowest BCUT2D eigenvalue weighted by Gasteiger charge is -2.14. The fraction of sp³-hybridized carbons (Fsp3) is 0.500. The number of nitrogens with zero attached hydrogens (tertiary/aromatic N) is 2. The lowest BCUT2D eigenvalue weighted by molar-refractivity contribution is 0.337. The van der Waals surface area contributed by atoms with Crippen molar-refractivity contribution in [1.82, 2.24) is 4.90 Å². The van der Waals surface area contributed by atoms with Gasteiger partial charge in [-0.15, -0.1) is 0 Å². The summed E-state index contributed by atoms with van der Waals surface area (Å²) in [5, 5.41) is 11.9. The molecule has 0 amide bonds. The maximum atomic E-state index is 13.2. The molecule has 1 N–H and O–H groups in total. The van der Waals surface area contributed by atoms with Gasteiger partial charge in [0.25, 0.3) is 0 Å². The number of likely N-dealkylation sites (tertiary alicyclic amines) is 1. The zero-order valence-electron chi connectivity index (χ0n) is 10.5. The summed E-state index contributed by atoms with van der Waals surface area (Å²) in [5.74, 6) is -0.365. The van der Waals surface area contributed by atoms with Crippen LogP contribution in [0.5, 0.6) is 0 Å². The zero-order chi connectivity index (χ0) is 12.8. The number of nitriles is 1. The molecule has 1 heterocycles. The summed E-state index contributed by atoms with van der Waals surface area (Å²) in [6.07, 6.45) is 3.66. The molecule has 0 bridgehead atoms. The molecule has 1 fully saturated rings. The molecule has 0 saturated carbocycles. The van der Waals surface area contributed by atoms with Crippen LogP contribution >= 0.6 is 0 Å². The molecule has 1 aliphatic heterocycles. The van der Waals surface area contributed by atoms with Crippen molar-refractivity contribution in [3.63, 3.8) is 0 Å². The van der Waals surface area contributed by atoms with Crippen LogP contribution < -0.4 is 5.32 Å². The normalized spacial score (nSPS) is 15.6. The zero-order valence-corrected chi connectivity index (χ0v) is 10.5. The average molecular weight is 247 g/mol. The molecule has 1 aliphatic rings. The van der Waals surface area contributed by atoms with Crippen molar-refractivity contribution in [2.24, 2.45) is 0 Å². The van der Waals surface area contributed by atoms with Crippen LogP contribution in [0.15, 0.2) is 18.2 Å². The van der Waals surface area contributed by atoms with Crippen LogP contribution in [0.3, 0.4) is 0 Å². The SMILES string of the molecule is N#Cc1cc(F)cc(NCCCN2CCCC2)c1. The van der Waals surface area contributed by atoms with Crippen molar-refractivity contribution >= 4 is 5.69 Å². The van der Waals surface area contributed by atoms with E-state index in [0.717, 1.165) is 19.5 Å². The maximum absolute atomic E-state index is 13.2. The Bertz CT molecular complexity index is 433. The van der Waals surface area contributed by atoms with Crippen LogP contribution in [-0.4, -0.2) is 31.1 Å². The van der Waals surface area contributed by atoms with Crippen LogP contribution in [0, 0.1) is 17.1 Å². The molecule has 96 valence electrons. The van der Waals surface area contributed by atoms with Gasteiger partial charge in [-0.2, -0.15) is 5.26 Å². The van der Waals surface area contributed by atoms with Gasteiger partial charge >= 0.3 is 0 Å². The molecule has 0 aliphatic carbocycles.